The molecule has 6 nitrogen and oxygen atoms in total. The fourth-order valence-electron chi connectivity index (χ4n) is 2.81. The molecule has 26 heavy (non-hydrogen) atoms. The fraction of sp³-hybridized carbons (Fsp3) is 0.421. The zero-order valence-electron chi connectivity index (χ0n) is 15.2. The summed E-state index contributed by atoms with van der Waals surface area (Å²) >= 11 is 1.47. The molecule has 0 fully saturated rings. The van der Waals surface area contributed by atoms with Crippen molar-refractivity contribution in [2.45, 2.75) is 46.1 Å². The second kappa shape index (κ2) is 7.86. The first-order valence-corrected chi connectivity index (χ1v) is 9.63. The number of amides is 2. The molecule has 2 aromatic rings. The molecule has 2 amide bonds. The molecule has 138 valence electrons. The summed E-state index contributed by atoms with van der Waals surface area (Å²) in [6, 6.07) is 5.34. The van der Waals surface area contributed by atoms with Crippen LogP contribution in [-0.2, 0) is 11.2 Å². The molecule has 0 saturated carbocycles. The normalized spacial score (nSPS) is 14.2. The van der Waals surface area contributed by atoms with Gasteiger partial charge in [-0.1, -0.05) is 19.4 Å². The number of carbonyl (C=O) groups excluding carboxylic acids is 2. The Morgan fingerprint density at radius 1 is 1.46 bits per heavy atom. The summed E-state index contributed by atoms with van der Waals surface area (Å²) in [7, 11) is 0. The lowest BCUT2D eigenvalue weighted by atomic mass is 10.1. The average molecular weight is 373 g/mol. The van der Waals surface area contributed by atoms with E-state index in [4.69, 9.17) is 4.74 Å². The second-order valence-electron chi connectivity index (χ2n) is 6.41. The van der Waals surface area contributed by atoms with E-state index in [0.29, 0.717) is 16.3 Å². The van der Waals surface area contributed by atoms with Crippen molar-refractivity contribution >= 4 is 28.8 Å². The van der Waals surface area contributed by atoms with Gasteiger partial charge in [-0.3, -0.25) is 9.59 Å². The maximum Gasteiger partial charge on any atom is 0.263 e. The molecule has 0 saturated heterocycles. The van der Waals surface area contributed by atoms with Crippen molar-refractivity contribution in [3.05, 3.63) is 39.3 Å². The highest BCUT2D eigenvalue weighted by atomic mass is 32.1. The molecule has 2 N–H and O–H groups in total. The van der Waals surface area contributed by atoms with Gasteiger partial charge >= 0.3 is 0 Å². The third kappa shape index (κ3) is 4.04. The first-order chi connectivity index (χ1) is 12.5. The van der Waals surface area contributed by atoms with E-state index < -0.39 is 0 Å². The third-order valence-corrected chi connectivity index (χ3v) is 5.49. The van der Waals surface area contributed by atoms with Crippen LogP contribution in [0.25, 0.3) is 0 Å². The van der Waals surface area contributed by atoms with E-state index in [-0.39, 0.29) is 24.5 Å². The molecular weight excluding hydrogens is 350 g/mol. The molecule has 0 spiro atoms. The second-order valence-corrected chi connectivity index (χ2v) is 7.50. The number of rotatable bonds is 6. The van der Waals surface area contributed by atoms with Crippen LogP contribution in [0.1, 0.15) is 58.7 Å². The van der Waals surface area contributed by atoms with Gasteiger partial charge in [-0.15, -0.1) is 11.3 Å². The number of aromatic nitrogens is 1. The van der Waals surface area contributed by atoms with Crippen molar-refractivity contribution in [3.8, 4) is 5.75 Å². The number of ether oxygens (including phenoxy) is 1. The highest BCUT2D eigenvalue weighted by molar-refractivity contribution is 7.13. The Hall–Kier alpha value is -2.41. The summed E-state index contributed by atoms with van der Waals surface area (Å²) in [4.78, 5) is 29.3. The Morgan fingerprint density at radius 3 is 3.04 bits per heavy atom. The minimum atomic E-state index is -0.202. The molecular formula is C19H23N3O3S. The van der Waals surface area contributed by atoms with Crippen LogP contribution in [0.3, 0.4) is 0 Å². The number of fused-ring (bicyclic) bond motifs is 1. The van der Waals surface area contributed by atoms with E-state index in [0.717, 1.165) is 35.5 Å². The zero-order chi connectivity index (χ0) is 18.7. The van der Waals surface area contributed by atoms with Gasteiger partial charge in [0.2, 0.25) is 0 Å². The van der Waals surface area contributed by atoms with Gasteiger partial charge < -0.3 is 15.4 Å². The Labute approximate surface area is 157 Å². The van der Waals surface area contributed by atoms with Gasteiger partial charge in [0.1, 0.15) is 10.6 Å². The first-order valence-electron chi connectivity index (χ1n) is 8.81. The molecule has 1 aliphatic rings. The molecule has 1 aromatic carbocycles. The molecule has 0 radical (unpaired) electrons. The molecule has 2 heterocycles. The minimum absolute atomic E-state index is 0.0314. The van der Waals surface area contributed by atoms with Crippen LogP contribution in [0.2, 0.25) is 0 Å². The number of aryl methyl sites for hydroxylation is 2. The lowest BCUT2D eigenvalue weighted by Gasteiger charge is -2.20. The highest BCUT2D eigenvalue weighted by Gasteiger charge is 2.20. The fourth-order valence-corrected chi connectivity index (χ4v) is 3.82. The van der Waals surface area contributed by atoms with Crippen LogP contribution >= 0.6 is 11.3 Å². The standard InChI is InChI=1S/C19H23N3O3S/c1-4-5-6-17-20-12(3)18(26-17)19(24)21-11(2)13-7-8-15-14(9-13)22-16(23)10-25-15/h7-9,11H,4-6,10H2,1-3H3,(H,21,24)(H,22,23)/t11-/m0/s1. The first kappa shape index (κ1) is 18.4. The lowest BCUT2D eigenvalue weighted by Crippen LogP contribution is -2.28. The largest absolute Gasteiger partial charge is 0.482 e. The molecule has 0 bridgehead atoms. The van der Waals surface area contributed by atoms with Gasteiger partial charge in [0.25, 0.3) is 11.8 Å². The highest BCUT2D eigenvalue weighted by Crippen LogP contribution is 2.30. The van der Waals surface area contributed by atoms with Gasteiger partial charge in [-0.05, 0) is 44.4 Å². The number of hydrogen-bond acceptors (Lipinski definition) is 5. The molecule has 1 aromatic heterocycles. The number of nitrogens with zero attached hydrogens (tertiary/aromatic N) is 1. The smallest absolute Gasteiger partial charge is 0.263 e. The molecule has 1 aliphatic heterocycles. The van der Waals surface area contributed by atoms with Crippen molar-refractivity contribution < 1.29 is 14.3 Å². The van der Waals surface area contributed by atoms with E-state index in [1.807, 2.05) is 32.0 Å². The van der Waals surface area contributed by atoms with Crippen molar-refractivity contribution in [3.63, 3.8) is 0 Å². The summed E-state index contributed by atoms with van der Waals surface area (Å²) in [5.41, 5.74) is 2.31. The number of benzene rings is 1. The summed E-state index contributed by atoms with van der Waals surface area (Å²) in [6.45, 7) is 5.96. The Morgan fingerprint density at radius 2 is 2.27 bits per heavy atom. The van der Waals surface area contributed by atoms with Crippen LogP contribution in [0.15, 0.2) is 18.2 Å². The van der Waals surface area contributed by atoms with Crippen molar-refractivity contribution in [2.24, 2.45) is 0 Å². The summed E-state index contributed by atoms with van der Waals surface area (Å²) < 4.78 is 5.37. The molecule has 0 aliphatic carbocycles. The number of thiazole rings is 1. The van der Waals surface area contributed by atoms with Crippen LogP contribution in [0, 0.1) is 6.92 Å². The summed E-state index contributed by atoms with van der Waals surface area (Å²) in [5.74, 6) is 0.352. The summed E-state index contributed by atoms with van der Waals surface area (Å²) in [5, 5.41) is 6.82. The minimum Gasteiger partial charge on any atom is -0.482 e. The summed E-state index contributed by atoms with van der Waals surface area (Å²) in [6.07, 6.45) is 3.10. The van der Waals surface area contributed by atoms with Crippen LogP contribution in [-0.4, -0.2) is 23.4 Å². The lowest BCUT2D eigenvalue weighted by molar-refractivity contribution is -0.118. The van der Waals surface area contributed by atoms with Crippen molar-refractivity contribution in [1.29, 1.82) is 0 Å². The Kier molecular flexibility index (Phi) is 5.56. The van der Waals surface area contributed by atoms with E-state index >= 15 is 0 Å². The third-order valence-electron chi connectivity index (χ3n) is 4.28. The molecule has 1 atom stereocenters. The van der Waals surface area contributed by atoms with Gasteiger partial charge in [-0.2, -0.15) is 0 Å². The predicted octanol–water partition coefficient (Wildman–Crippen LogP) is 3.62. The van der Waals surface area contributed by atoms with E-state index in [1.54, 1.807) is 0 Å². The van der Waals surface area contributed by atoms with E-state index in [2.05, 4.69) is 22.5 Å². The topological polar surface area (TPSA) is 80.3 Å². The number of nitrogens with one attached hydrogen (secondary N) is 2. The number of hydrogen-bond donors (Lipinski definition) is 2. The Bertz CT molecular complexity index is 831. The van der Waals surface area contributed by atoms with E-state index in [1.165, 1.54) is 11.3 Å². The van der Waals surface area contributed by atoms with Gasteiger partial charge in [0, 0.05) is 0 Å². The predicted molar refractivity (Wildman–Crippen MR) is 102 cm³/mol. The van der Waals surface area contributed by atoms with Crippen molar-refractivity contribution in [1.82, 2.24) is 10.3 Å². The maximum atomic E-state index is 12.6. The zero-order valence-corrected chi connectivity index (χ0v) is 16.0. The van der Waals surface area contributed by atoms with Gasteiger partial charge in [-0.25, -0.2) is 4.98 Å². The number of anilines is 1. The average Bonchev–Trinajstić information content (AvgIpc) is 3.00. The monoisotopic (exact) mass is 373 g/mol. The van der Waals surface area contributed by atoms with Crippen molar-refractivity contribution in [2.75, 3.05) is 11.9 Å². The molecule has 3 rings (SSSR count). The maximum absolute atomic E-state index is 12.6. The molecule has 0 unspecified atom stereocenters. The molecule has 7 heteroatoms. The quantitative estimate of drug-likeness (QED) is 0.810. The number of carbonyl (C=O) groups is 2. The van der Waals surface area contributed by atoms with Gasteiger partial charge in [0.05, 0.1) is 22.4 Å². The number of unbranched alkanes of at least 4 members (excludes halogenated alkanes) is 1. The SMILES string of the molecule is CCCCc1nc(C)c(C(=O)N[C@@H](C)c2ccc3c(c2)NC(=O)CO3)s1. The van der Waals surface area contributed by atoms with E-state index in [9.17, 15) is 9.59 Å². The Balaban J connectivity index is 1.70. The van der Waals surface area contributed by atoms with Gasteiger partial charge in [0.15, 0.2) is 6.61 Å². The van der Waals surface area contributed by atoms with Crippen LogP contribution < -0.4 is 15.4 Å². The van der Waals surface area contributed by atoms with Crippen LogP contribution in [0.5, 0.6) is 5.75 Å². The van der Waals surface area contributed by atoms with Crippen LogP contribution in [0.4, 0.5) is 5.69 Å².